The predicted molar refractivity (Wildman–Crippen MR) is 92.9 cm³/mol. The molecule has 0 unspecified atom stereocenters. The molecule has 0 amide bonds. The van der Waals surface area contributed by atoms with Crippen molar-refractivity contribution in [2.24, 2.45) is 0 Å². The monoisotopic (exact) mass is 313 g/mol. The molecule has 1 aromatic carbocycles. The molecule has 2 N–H and O–H groups in total. The number of aromatic hydroxyl groups is 1. The van der Waals surface area contributed by atoms with Crippen molar-refractivity contribution in [3.8, 4) is 16.2 Å². The lowest BCUT2D eigenvalue weighted by molar-refractivity contribution is 0.408. The Balaban J connectivity index is 2.17. The van der Waals surface area contributed by atoms with E-state index in [1.165, 1.54) is 0 Å². The van der Waals surface area contributed by atoms with Gasteiger partial charge in [0.05, 0.1) is 6.54 Å². The number of hydrogen-bond donors (Lipinski definition) is 2. The lowest BCUT2D eigenvalue weighted by Crippen LogP contribution is -2.15. The van der Waals surface area contributed by atoms with Crippen LogP contribution in [0.25, 0.3) is 10.4 Å². The summed E-state index contributed by atoms with van der Waals surface area (Å²) < 4.78 is 0. The van der Waals surface area contributed by atoms with E-state index in [2.05, 4.69) is 13.2 Å². The van der Waals surface area contributed by atoms with Gasteiger partial charge in [-0.2, -0.15) is 0 Å². The Labute approximate surface area is 134 Å². The molecule has 4 heteroatoms. The van der Waals surface area contributed by atoms with Crippen molar-refractivity contribution in [3.05, 3.63) is 78.0 Å². The van der Waals surface area contributed by atoms with Gasteiger partial charge in [-0.25, -0.2) is 0 Å². The Bertz CT molecular complexity index is 715. The molecule has 0 radical (unpaired) electrons. The number of aliphatic hydroxyl groups excluding tert-OH is 1. The summed E-state index contributed by atoms with van der Waals surface area (Å²) in [5.74, 6) is 0.287. The summed E-state index contributed by atoms with van der Waals surface area (Å²) in [6.07, 6.45) is 3.25. The van der Waals surface area contributed by atoms with Crippen molar-refractivity contribution in [1.29, 1.82) is 0 Å². The zero-order chi connectivity index (χ0) is 16.1. The Morgan fingerprint density at radius 1 is 1.27 bits per heavy atom. The van der Waals surface area contributed by atoms with Crippen LogP contribution in [0.2, 0.25) is 0 Å². The van der Waals surface area contributed by atoms with Gasteiger partial charge in [0.1, 0.15) is 11.5 Å². The fraction of sp³-hybridized carbons (Fsp3) is 0.111. The van der Waals surface area contributed by atoms with Crippen LogP contribution in [-0.2, 0) is 6.54 Å². The van der Waals surface area contributed by atoms with Crippen LogP contribution in [0.15, 0.2) is 73.2 Å². The minimum absolute atomic E-state index is 0.00262. The number of likely N-dealkylation sites (N-methyl/N-ethyl adjacent to an activating group) is 1. The summed E-state index contributed by atoms with van der Waals surface area (Å²) in [6, 6.07) is 11.4. The van der Waals surface area contributed by atoms with Gasteiger partial charge in [0, 0.05) is 34.1 Å². The van der Waals surface area contributed by atoms with Crippen molar-refractivity contribution >= 4 is 11.3 Å². The number of aliphatic hydroxyl groups is 1. The molecule has 1 heterocycles. The summed E-state index contributed by atoms with van der Waals surface area (Å²) in [4.78, 5) is 4.16. The molecular formula is C18H19NO2S. The van der Waals surface area contributed by atoms with E-state index in [9.17, 15) is 10.2 Å². The molecule has 2 rings (SSSR count). The molecule has 0 saturated carbocycles. The maximum atomic E-state index is 9.92. The first-order valence-corrected chi connectivity index (χ1v) is 7.63. The average molecular weight is 313 g/mol. The van der Waals surface area contributed by atoms with Crippen LogP contribution in [0.4, 0.5) is 0 Å². The first kappa shape index (κ1) is 15.9. The Kier molecular flexibility index (Phi) is 5.07. The highest BCUT2D eigenvalue weighted by molar-refractivity contribution is 7.15. The van der Waals surface area contributed by atoms with Gasteiger partial charge in [-0.15, -0.1) is 11.3 Å². The normalized spacial score (nSPS) is 11.2. The van der Waals surface area contributed by atoms with Crippen LogP contribution < -0.4 is 0 Å². The Morgan fingerprint density at radius 3 is 2.64 bits per heavy atom. The third-order valence-corrected chi connectivity index (χ3v) is 4.29. The van der Waals surface area contributed by atoms with E-state index in [4.69, 9.17) is 0 Å². The smallest absolute Gasteiger partial charge is 0.124 e. The second-order valence-corrected chi connectivity index (χ2v) is 6.07. The van der Waals surface area contributed by atoms with E-state index >= 15 is 0 Å². The van der Waals surface area contributed by atoms with Gasteiger partial charge >= 0.3 is 0 Å². The summed E-state index contributed by atoms with van der Waals surface area (Å²) >= 11 is 1.63. The number of para-hydroxylation sites is 1. The van der Waals surface area contributed by atoms with Gasteiger partial charge in [0.25, 0.3) is 0 Å². The molecule has 0 aliphatic rings. The number of benzene rings is 1. The molecular weight excluding hydrogens is 294 g/mol. The van der Waals surface area contributed by atoms with Crippen LogP contribution >= 0.6 is 11.3 Å². The van der Waals surface area contributed by atoms with Crippen LogP contribution in [0.5, 0.6) is 5.75 Å². The number of nitrogens with zero attached hydrogens (tertiary/aromatic N) is 1. The number of hydrogen-bond acceptors (Lipinski definition) is 4. The maximum absolute atomic E-state index is 9.92. The van der Waals surface area contributed by atoms with Crippen LogP contribution in [-0.4, -0.2) is 22.2 Å². The molecule has 0 saturated heterocycles. The van der Waals surface area contributed by atoms with Crippen molar-refractivity contribution in [2.75, 3.05) is 7.05 Å². The molecule has 0 atom stereocenters. The number of phenolic OH excluding ortho intramolecular Hbond substituents is 1. The highest BCUT2D eigenvalue weighted by Gasteiger charge is 2.09. The van der Waals surface area contributed by atoms with E-state index in [0.717, 1.165) is 21.0 Å². The fourth-order valence-corrected chi connectivity index (χ4v) is 3.21. The van der Waals surface area contributed by atoms with Gasteiger partial charge in [-0.3, -0.25) is 0 Å². The number of allylic oxidation sites excluding steroid dienone is 2. The van der Waals surface area contributed by atoms with E-state index in [1.807, 2.05) is 42.3 Å². The SMILES string of the molecule is C=C/C(=C\C(=C)O)N(C)Cc1ccc(-c2ccccc2O)s1. The summed E-state index contributed by atoms with van der Waals surface area (Å²) in [6.45, 7) is 7.90. The molecule has 0 aliphatic carbocycles. The van der Waals surface area contributed by atoms with Crippen molar-refractivity contribution in [1.82, 2.24) is 4.90 Å². The minimum Gasteiger partial charge on any atom is -0.509 e. The highest BCUT2D eigenvalue weighted by Crippen LogP contribution is 2.34. The molecule has 114 valence electrons. The van der Waals surface area contributed by atoms with Gasteiger partial charge in [0.15, 0.2) is 0 Å². The standard InChI is InChI=1S/C18H19NO2S/c1-4-14(11-13(2)20)19(3)12-15-9-10-18(22-15)16-7-5-6-8-17(16)21/h4-11,20-21H,1-2,12H2,3H3/b14-11+. The van der Waals surface area contributed by atoms with Crippen molar-refractivity contribution < 1.29 is 10.2 Å². The zero-order valence-electron chi connectivity index (χ0n) is 12.5. The van der Waals surface area contributed by atoms with Gasteiger partial charge in [0.2, 0.25) is 0 Å². The van der Waals surface area contributed by atoms with Crippen LogP contribution in [0.3, 0.4) is 0 Å². The highest BCUT2D eigenvalue weighted by atomic mass is 32.1. The Morgan fingerprint density at radius 2 is 2.00 bits per heavy atom. The second kappa shape index (κ2) is 7.00. The first-order chi connectivity index (χ1) is 10.5. The average Bonchev–Trinajstić information content (AvgIpc) is 2.93. The third kappa shape index (κ3) is 3.80. The van der Waals surface area contributed by atoms with Gasteiger partial charge in [-0.1, -0.05) is 25.3 Å². The number of rotatable bonds is 6. The van der Waals surface area contributed by atoms with Crippen LogP contribution in [0, 0.1) is 0 Å². The van der Waals surface area contributed by atoms with Gasteiger partial charge < -0.3 is 15.1 Å². The molecule has 1 aromatic heterocycles. The molecule has 0 bridgehead atoms. The van der Waals surface area contributed by atoms with Crippen molar-refractivity contribution in [2.45, 2.75) is 6.54 Å². The molecule has 22 heavy (non-hydrogen) atoms. The van der Waals surface area contributed by atoms with Gasteiger partial charge in [-0.05, 0) is 30.3 Å². The topological polar surface area (TPSA) is 43.7 Å². The third-order valence-electron chi connectivity index (χ3n) is 3.19. The predicted octanol–water partition coefficient (Wildman–Crippen LogP) is 4.69. The summed E-state index contributed by atoms with van der Waals surface area (Å²) in [5.41, 5.74) is 1.63. The molecule has 0 fully saturated rings. The molecule has 0 aliphatic heterocycles. The molecule has 3 nitrogen and oxygen atoms in total. The largest absolute Gasteiger partial charge is 0.509 e. The van der Waals surface area contributed by atoms with E-state index in [0.29, 0.717) is 6.54 Å². The second-order valence-electron chi connectivity index (χ2n) is 4.90. The maximum Gasteiger partial charge on any atom is 0.124 e. The summed E-state index contributed by atoms with van der Waals surface area (Å²) in [5, 5.41) is 19.2. The lowest BCUT2D eigenvalue weighted by Gasteiger charge is -2.19. The molecule has 0 spiro atoms. The number of phenols is 1. The van der Waals surface area contributed by atoms with E-state index in [1.54, 1.807) is 29.6 Å². The van der Waals surface area contributed by atoms with Crippen molar-refractivity contribution in [3.63, 3.8) is 0 Å². The minimum atomic E-state index is 0.00262. The first-order valence-electron chi connectivity index (χ1n) is 6.81. The molecule has 2 aromatic rings. The van der Waals surface area contributed by atoms with E-state index in [-0.39, 0.29) is 11.5 Å². The quantitative estimate of drug-likeness (QED) is 0.600. The fourth-order valence-electron chi connectivity index (χ4n) is 2.11. The number of thiophene rings is 1. The Hall–Kier alpha value is -2.46. The van der Waals surface area contributed by atoms with Crippen LogP contribution in [0.1, 0.15) is 4.88 Å². The van der Waals surface area contributed by atoms with E-state index < -0.39 is 0 Å². The zero-order valence-corrected chi connectivity index (χ0v) is 13.3. The lowest BCUT2D eigenvalue weighted by atomic mass is 10.1. The summed E-state index contributed by atoms with van der Waals surface area (Å²) in [7, 11) is 1.93.